The Labute approximate surface area is 159 Å². The van der Waals surface area contributed by atoms with E-state index in [4.69, 9.17) is 4.74 Å². The lowest BCUT2D eigenvalue weighted by Gasteiger charge is -2.14. The zero-order chi connectivity index (χ0) is 17.8. The van der Waals surface area contributed by atoms with Crippen LogP contribution >= 0.6 is 12.4 Å². The van der Waals surface area contributed by atoms with Crippen molar-refractivity contribution in [2.75, 3.05) is 25.5 Å². The second-order valence-electron chi connectivity index (χ2n) is 6.72. The van der Waals surface area contributed by atoms with Gasteiger partial charge in [-0.3, -0.25) is 4.79 Å². The van der Waals surface area contributed by atoms with Crippen molar-refractivity contribution in [1.29, 1.82) is 0 Å². The van der Waals surface area contributed by atoms with Gasteiger partial charge in [0.1, 0.15) is 5.75 Å². The predicted molar refractivity (Wildman–Crippen MR) is 103 cm³/mol. The summed E-state index contributed by atoms with van der Waals surface area (Å²) in [6, 6.07) is 5.75. The van der Waals surface area contributed by atoms with Crippen LogP contribution in [-0.2, 0) is 6.42 Å². The second kappa shape index (κ2) is 9.00. The Morgan fingerprint density at radius 2 is 2.27 bits per heavy atom. The number of hydrogen-bond donors (Lipinski definition) is 2. The number of methoxy groups -OCH3 is 1. The fraction of sp³-hybridized carbons (Fsp3) is 0.500. The molecule has 1 aliphatic rings. The third kappa shape index (κ3) is 4.74. The lowest BCUT2D eigenvalue weighted by atomic mass is 9.96. The molecule has 0 aliphatic carbocycles. The van der Waals surface area contributed by atoms with Crippen LogP contribution in [0.1, 0.15) is 42.2 Å². The van der Waals surface area contributed by atoms with E-state index in [-0.39, 0.29) is 24.4 Å². The molecule has 142 valence electrons. The molecule has 0 bridgehead atoms. The highest BCUT2D eigenvalue weighted by Crippen LogP contribution is 2.25. The van der Waals surface area contributed by atoms with E-state index in [1.807, 2.05) is 26.0 Å². The van der Waals surface area contributed by atoms with Crippen molar-refractivity contribution in [3.8, 4) is 5.75 Å². The molecule has 2 heterocycles. The first kappa shape index (κ1) is 20.2. The van der Waals surface area contributed by atoms with Gasteiger partial charge in [0.2, 0.25) is 0 Å². The topological polar surface area (TPSA) is 81.1 Å². The Morgan fingerprint density at radius 3 is 2.88 bits per heavy atom. The Hall–Kier alpha value is -2.12. The van der Waals surface area contributed by atoms with Crippen LogP contribution in [-0.4, -0.2) is 41.1 Å². The van der Waals surface area contributed by atoms with E-state index in [9.17, 15) is 4.79 Å². The molecule has 1 atom stereocenters. The van der Waals surface area contributed by atoms with Gasteiger partial charge in [0.25, 0.3) is 5.91 Å². The number of halogens is 1. The largest absolute Gasteiger partial charge is 0.496 e. The van der Waals surface area contributed by atoms with Crippen molar-refractivity contribution in [3.05, 3.63) is 35.5 Å². The lowest BCUT2D eigenvalue weighted by Crippen LogP contribution is -2.14. The molecule has 0 spiro atoms. The molecule has 3 rings (SSSR count). The van der Waals surface area contributed by atoms with Crippen molar-refractivity contribution in [1.82, 2.24) is 20.3 Å². The van der Waals surface area contributed by atoms with Crippen LogP contribution in [0.3, 0.4) is 0 Å². The van der Waals surface area contributed by atoms with Gasteiger partial charge >= 0.3 is 0 Å². The number of nitrogens with zero attached hydrogens (tertiary/aromatic N) is 3. The van der Waals surface area contributed by atoms with Crippen molar-refractivity contribution in [2.24, 2.45) is 5.92 Å². The van der Waals surface area contributed by atoms with Gasteiger partial charge in [-0.2, -0.15) is 0 Å². The number of ether oxygens (including phenoxy) is 1. The molecule has 1 amide bonds. The van der Waals surface area contributed by atoms with Crippen LogP contribution in [0.5, 0.6) is 5.75 Å². The number of rotatable bonds is 6. The maximum Gasteiger partial charge on any atom is 0.256 e. The molecule has 7 nitrogen and oxygen atoms in total. The molecular weight excluding hydrogens is 354 g/mol. The number of amides is 1. The summed E-state index contributed by atoms with van der Waals surface area (Å²) in [6.07, 6.45) is 3.79. The van der Waals surface area contributed by atoms with Gasteiger partial charge in [0.15, 0.2) is 5.82 Å². The van der Waals surface area contributed by atoms with E-state index >= 15 is 0 Å². The zero-order valence-electron chi connectivity index (χ0n) is 15.4. The van der Waals surface area contributed by atoms with E-state index in [1.54, 1.807) is 24.1 Å². The molecule has 1 unspecified atom stereocenters. The summed E-state index contributed by atoms with van der Waals surface area (Å²) in [5.41, 5.74) is 1.66. The number of carbonyl (C=O) groups excluding carboxylic acids is 1. The average Bonchev–Trinajstić information content (AvgIpc) is 3.26. The van der Waals surface area contributed by atoms with Gasteiger partial charge in [-0.15, -0.1) is 17.5 Å². The number of hydrogen-bond acceptors (Lipinski definition) is 5. The summed E-state index contributed by atoms with van der Waals surface area (Å²) in [7, 11) is 1.66. The maximum atomic E-state index is 12.5. The van der Waals surface area contributed by atoms with E-state index in [0.29, 0.717) is 17.3 Å². The van der Waals surface area contributed by atoms with Crippen LogP contribution in [0.4, 0.5) is 5.82 Å². The first-order valence-corrected chi connectivity index (χ1v) is 8.67. The minimum absolute atomic E-state index is 0. The molecule has 2 N–H and O–H groups in total. The highest BCUT2D eigenvalue weighted by molar-refractivity contribution is 6.03. The number of anilines is 1. The summed E-state index contributed by atoms with van der Waals surface area (Å²) in [5, 5.41) is 14.2. The Morgan fingerprint density at radius 1 is 1.46 bits per heavy atom. The van der Waals surface area contributed by atoms with Gasteiger partial charge < -0.3 is 15.4 Å². The lowest BCUT2D eigenvalue weighted by molar-refractivity contribution is 0.102. The summed E-state index contributed by atoms with van der Waals surface area (Å²) >= 11 is 0. The quantitative estimate of drug-likeness (QED) is 0.806. The maximum absolute atomic E-state index is 12.5. The van der Waals surface area contributed by atoms with Crippen LogP contribution in [0.25, 0.3) is 0 Å². The van der Waals surface area contributed by atoms with Crippen LogP contribution in [0.15, 0.2) is 24.4 Å². The zero-order valence-corrected chi connectivity index (χ0v) is 16.2. The molecule has 1 fully saturated rings. The molecule has 2 aromatic rings. The summed E-state index contributed by atoms with van der Waals surface area (Å²) < 4.78 is 7.17. The fourth-order valence-corrected chi connectivity index (χ4v) is 3.05. The first-order valence-electron chi connectivity index (χ1n) is 8.67. The van der Waals surface area contributed by atoms with E-state index in [1.165, 1.54) is 0 Å². The smallest absolute Gasteiger partial charge is 0.256 e. The number of carbonyl (C=O) groups is 1. The van der Waals surface area contributed by atoms with Gasteiger partial charge in [-0.25, -0.2) is 4.68 Å². The highest BCUT2D eigenvalue weighted by Gasteiger charge is 2.19. The normalized spacial score (nSPS) is 16.4. The predicted octanol–water partition coefficient (Wildman–Crippen LogP) is 2.69. The molecule has 1 aliphatic heterocycles. The molecule has 1 saturated heterocycles. The van der Waals surface area contributed by atoms with Crippen molar-refractivity contribution in [3.63, 3.8) is 0 Å². The second-order valence-corrected chi connectivity index (χ2v) is 6.72. The minimum Gasteiger partial charge on any atom is -0.496 e. The molecule has 0 saturated carbocycles. The van der Waals surface area contributed by atoms with Crippen molar-refractivity contribution in [2.45, 2.75) is 32.7 Å². The summed E-state index contributed by atoms with van der Waals surface area (Å²) in [4.78, 5) is 12.5. The molecule has 1 aromatic carbocycles. The van der Waals surface area contributed by atoms with Gasteiger partial charge in [0, 0.05) is 11.6 Å². The van der Waals surface area contributed by atoms with Crippen molar-refractivity contribution < 1.29 is 9.53 Å². The summed E-state index contributed by atoms with van der Waals surface area (Å²) in [6.45, 7) is 6.08. The Bertz CT molecular complexity index is 741. The van der Waals surface area contributed by atoms with Gasteiger partial charge in [-0.05, 0) is 69.5 Å². The third-order valence-corrected chi connectivity index (χ3v) is 4.49. The van der Waals surface area contributed by atoms with Gasteiger partial charge in [-0.1, -0.05) is 5.21 Å². The number of aromatic nitrogens is 3. The number of nitrogens with one attached hydrogen (secondary N) is 2. The first-order chi connectivity index (χ1) is 12.1. The van der Waals surface area contributed by atoms with E-state index in [0.717, 1.165) is 37.2 Å². The Balaban J connectivity index is 0.00000243. The molecule has 8 heteroatoms. The molecule has 0 radical (unpaired) electrons. The molecule has 1 aromatic heterocycles. The summed E-state index contributed by atoms with van der Waals surface area (Å²) in [5.74, 6) is 1.67. The van der Waals surface area contributed by atoms with Crippen molar-refractivity contribution >= 4 is 24.1 Å². The van der Waals surface area contributed by atoms with E-state index < -0.39 is 0 Å². The fourth-order valence-electron chi connectivity index (χ4n) is 3.05. The minimum atomic E-state index is -0.191. The molecule has 26 heavy (non-hydrogen) atoms. The van der Waals surface area contributed by atoms with Crippen LogP contribution < -0.4 is 15.4 Å². The van der Waals surface area contributed by atoms with Crippen LogP contribution in [0, 0.1) is 5.92 Å². The van der Waals surface area contributed by atoms with E-state index in [2.05, 4.69) is 20.9 Å². The molecular formula is C18H26ClN5O2. The average molecular weight is 380 g/mol. The number of benzene rings is 1. The third-order valence-electron chi connectivity index (χ3n) is 4.49. The highest BCUT2D eigenvalue weighted by atomic mass is 35.5. The van der Waals surface area contributed by atoms with Crippen LogP contribution in [0.2, 0.25) is 0 Å². The monoisotopic (exact) mass is 379 g/mol. The SMILES string of the molecule is COc1ccc(C(=O)Nc2cn(C(C)C)nn2)cc1CC1CCNC1.Cl. The van der Waals surface area contributed by atoms with Gasteiger partial charge in [0.05, 0.1) is 13.3 Å². The Kier molecular flexibility index (Phi) is 6.99. The standard InChI is InChI=1S/C18H25N5O2.ClH/c1-12(2)23-11-17(21-22-23)20-18(24)14-4-5-16(25-3)15(9-14)8-13-6-7-19-10-13;/h4-5,9,11-13,19H,6-8,10H2,1-3H3,(H,20,24);1H.